The smallest absolute Gasteiger partial charge is 0.220 e. The second kappa shape index (κ2) is 59.4. The maximum absolute atomic E-state index is 13.3. The molecule has 12 unspecified atom stereocenters. The minimum atomic E-state index is -1.79. The van der Waals surface area contributed by atoms with Gasteiger partial charge in [0.05, 0.1) is 32.0 Å². The molecule has 0 aromatic carbocycles. The summed E-state index contributed by atoms with van der Waals surface area (Å²) in [5.74, 6) is -0.265. The van der Waals surface area contributed by atoms with Gasteiger partial charge >= 0.3 is 0 Å². The van der Waals surface area contributed by atoms with Crippen LogP contribution in [-0.2, 0) is 23.7 Å². The molecule has 14 nitrogen and oxygen atoms in total. The molecule has 0 saturated carbocycles. The number of ether oxygens (including phenoxy) is 4. The molecule has 90 heavy (non-hydrogen) atoms. The van der Waals surface area contributed by atoms with Crippen LogP contribution >= 0.6 is 0 Å². The number of hydrogen-bond acceptors (Lipinski definition) is 13. The van der Waals surface area contributed by atoms with Crippen LogP contribution in [0.3, 0.4) is 0 Å². The van der Waals surface area contributed by atoms with Gasteiger partial charge in [0.1, 0.15) is 48.8 Å². The zero-order chi connectivity index (χ0) is 65.2. The van der Waals surface area contributed by atoms with E-state index in [0.717, 1.165) is 83.5 Å². The molecule has 2 aliphatic heterocycles. The first-order valence-electron chi connectivity index (χ1n) is 36.1. The quantitative estimate of drug-likeness (QED) is 0.0204. The highest BCUT2D eigenvalue weighted by Gasteiger charge is 2.51. The van der Waals surface area contributed by atoms with Crippen LogP contribution in [0.1, 0.15) is 271 Å². The largest absolute Gasteiger partial charge is 0.394 e. The molecule has 12 atom stereocenters. The number of unbranched alkanes of at least 4 members (excludes halogenated alkanes) is 27. The summed E-state index contributed by atoms with van der Waals surface area (Å²) in [6.45, 7) is 2.73. The van der Waals surface area contributed by atoms with E-state index in [1.807, 2.05) is 0 Å². The third kappa shape index (κ3) is 42.8. The van der Waals surface area contributed by atoms with E-state index in [4.69, 9.17) is 18.9 Å². The molecule has 2 saturated heterocycles. The normalized spacial score (nSPS) is 23.6. The maximum Gasteiger partial charge on any atom is 0.220 e. The van der Waals surface area contributed by atoms with Crippen molar-refractivity contribution in [3.8, 4) is 0 Å². The Morgan fingerprint density at radius 1 is 0.411 bits per heavy atom. The van der Waals surface area contributed by atoms with Crippen molar-refractivity contribution in [1.82, 2.24) is 5.32 Å². The highest BCUT2D eigenvalue weighted by Crippen LogP contribution is 2.30. The molecule has 0 aromatic rings. The summed E-state index contributed by atoms with van der Waals surface area (Å²) in [6.07, 6.45) is 68.2. The molecule has 0 radical (unpaired) electrons. The Morgan fingerprint density at radius 3 is 1.13 bits per heavy atom. The van der Waals surface area contributed by atoms with Gasteiger partial charge in [0, 0.05) is 6.42 Å². The minimum Gasteiger partial charge on any atom is -0.394 e. The Hall–Kier alpha value is -3.35. The molecular weight excluding hydrogens is 1130 g/mol. The SMILES string of the molecule is CC/C=C\C/C=C\C/C=C\C/C=C\C/C=C\C/C=C\C/C=C\C/C=C\C/C=C\CCCC(=O)NC(COC1OC(CO)C(OC2OC(CO)C(O)C(O)C2O)C(O)C1O)C(O)CCCCCCCCCCCCCCCCCCCCCCCCCCCCC. The van der Waals surface area contributed by atoms with Crippen LogP contribution < -0.4 is 5.32 Å². The van der Waals surface area contributed by atoms with Crippen molar-refractivity contribution in [2.45, 2.75) is 344 Å². The molecule has 0 spiro atoms. The van der Waals surface area contributed by atoms with Gasteiger partial charge in [-0.1, -0.05) is 297 Å². The average molecular weight is 1270 g/mol. The van der Waals surface area contributed by atoms with Gasteiger partial charge < -0.3 is 65.1 Å². The second-order valence-electron chi connectivity index (χ2n) is 25.0. The summed E-state index contributed by atoms with van der Waals surface area (Å²) >= 11 is 0. The Labute approximate surface area is 546 Å². The number of amides is 1. The summed E-state index contributed by atoms with van der Waals surface area (Å²) in [6, 6.07) is -0.870. The Kier molecular flexibility index (Phi) is 54.6. The molecule has 1 amide bonds. The van der Waals surface area contributed by atoms with E-state index in [2.05, 4.69) is 129 Å². The van der Waals surface area contributed by atoms with E-state index in [-0.39, 0.29) is 18.9 Å². The summed E-state index contributed by atoms with van der Waals surface area (Å²) in [5, 5.41) is 87.6. The minimum absolute atomic E-state index is 0.218. The van der Waals surface area contributed by atoms with E-state index in [0.29, 0.717) is 19.3 Å². The van der Waals surface area contributed by atoms with Gasteiger partial charge in [-0.15, -0.1) is 0 Å². The number of aliphatic hydroxyl groups excluding tert-OH is 8. The predicted octanol–water partition coefficient (Wildman–Crippen LogP) is 15.1. The van der Waals surface area contributed by atoms with Crippen LogP contribution in [0.15, 0.2) is 109 Å². The highest BCUT2D eigenvalue weighted by molar-refractivity contribution is 5.76. The summed E-state index contributed by atoms with van der Waals surface area (Å²) in [4.78, 5) is 13.3. The van der Waals surface area contributed by atoms with Gasteiger partial charge in [-0.3, -0.25) is 4.79 Å². The molecular formula is C76H131NO13. The fraction of sp³-hybridized carbons (Fsp3) is 0.750. The lowest BCUT2D eigenvalue weighted by Crippen LogP contribution is -2.65. The molecule has 2 fully saturated rings. The van der Waals surface area contributed by atoms with Crippen molar-refractivity contribution in [2.75, 3.05) is 19.8 Å². The van der Waals surface area contributed by atoms with Crippen LogP contribution in [0.4, 0.5) is 0 Å². The topological polar surface area (TPSA) is 228 Å². The molecule has 518 valence electrons. The van der Waals surface area contributed by atoms with Gasteiger partial charge in [-0.25, -0.2) is 0 Å². The van der Waals surface area contributed by atoms with E-state index in [1.54, 1.807) is 0 Å². The third-order valence-electron chi connectivity index (χ3n) is 17.0. The fourth-order valence-electron chi connectivity index (χ4n) is 11.3. The van der Waals surface area contributed by atoms with Gasteiger partial charge in [0.25, 0.3) is 0 Å². The fourth-order valence-corrected chi connectivity index (χ4v) is 11.3. The van der Waals surface area contributed by atoms with Crippen LogP contribution in [0.25, 0.3) is 0 Å². The molecule has 0 aromatic heterocycles. The third-order valence-corrected chi connectivity index (χ3v) is 17.0. The monoisotopic (exact) mass is 1270 g/mol. The second-order valence-corrected chi connectivity index (χ2v) is 25.0. The Morgan fingerprint density at radius 2 is 0.756 bits per heavy atom. The van der Waals surface area contributed by atoms with Crippen molar-refractivity contribution >= 4 is 5.91 Å². The zero-order valence-electron chi connectivity index (χ0n) is 56.3. The van der Waals surface area contributed by atoms with Crippen LogP contribution in [0, 0.1) is 0 Å². The van der Waals surface area contributed by atoms with E-state index >= 15 is 0 Å². The standard InChI is InChI=1S/C76H131NO13/c1-3-5-7-9-11-13-15-17-19-21-23-25-27-29-31-32-34-36-38-40-42-44-46-48-50-52-54-56-58-60-68(81)77-64(63-87-75-73(86)71(84)74(67(62-79)89-75)90-76-72(85)70(83)69(82)66(61-78)88-76)65(80)59-57-55-53-51-49-47-45-43-41-39-37-35-33-30-28-26-24-22-20-18-16-14-12-10-8-6-4-2/h5,7,11,13,17,19,23,25,29,31,34,36,40,42,46,48,52,54,64-67,69-76,78-80,82-86H,3-4,6,8-10,12,14-16,18,20-22,24,26-28,30,32-33,35,37-39,41,43-45,47,49-51,53,55-63H2,1-2H3,(H,77,81)/b7-5-,13-11-,19-17-,25-23-,31-29-,36-34-,42-40-,48-46-,54-52-. The molecule has 0 aliphatic carbocycles. The van der Waals surface area contributed by atoms with Crippen molar-refractivity contribution in [3.05, 3.63) is 109 Å². The van der Waals surface area contributed by atoms with Gasteiger partial charge in [-0.05, 0) is 77.0 Å². The number of nitrogens with one attached hydrogen (secondary N) is 1. The number of rotatable bonds is 58. The van der Waals surface area contributed by atoms with Crippen molar-refractivity contribution in [2.24, 2.45) is 0 Å². The number of allylic oxidation sites excluding steroid dienone is 18. The van der Waals surface area contributed by atoms with Crippen LogP contribution in [0.2, 0.25) is 0 Å². The molecule has 0 bridgehead atoms. The first-order valence-corrected chi connectivity index (χ1v) is 36.1. The number of aliphatic hydroxyl groups is 8. The van der Waals surface area contributed by atoms with Crippen molar-refractivity contribution < 1.29 is 64.6 Å². The first kappa shape index (κ1) is 82.7. The maximum atomic E-state index is 13.3. The van der Waals surface area contributed by atoms with E-state index in [9.17, 15) is 45.6 Å². The van der Waals surface area contributed by atoms with E-state index < -0.39 is 86.8 Å². The molecule has 14 heteroatoms. The Balaban J connectivity index is 1.71. The molecule has 2 heterocycles. The zero-order valence-corrected chi connectivity index (χ0v) is 56.3. The van der Waals surface area contributed by atoms with Gasteiger partial charge in [-0.2, -0.15) is 0 Å². The first-order chi connectivity index (χ1) is 44.1. The van der Waals surface area contributed by atoms with Gasteiger partial charge in [0.15, 0.2) is 12.6 Å². The van der Waals surface area contributed by atoms with E-state index in [1.165, 1.54) is 148 Å². The lowest BCUT2D eigenvalue weighted by molar-refractivity contribution is -0.359. The lowest BCUT2D eigenvalue weighted by Gasteiger charge is -2.46. The Bertz CT molecular complexity index is 1930. The van der Waals surface area contributed by atoms with Crippen LogP contribution in [0.5, 0.6) is 0 Å². The number of carbonyl (C=O) groups excluding carboxylic acids is 1. The lowest BCUT2D eigenvalue weighted by atomic mass is 9.97. The predicted molar refractivity (Wildman–Crippen MR) is 369 cm³/mol. The highest BCUT2D eigenvalue weighted by atomic mass is 16.7. The van der Waals surface area contributed by atoms with Crippen molar-refractivity contribution in [3.63, 3.8) is 0 Å². The van der Waals surface area contributed by atoms with Gasteiger partial charge in [0.2, 0.25) is 5.91 Å². The number of carbonyl (C=O) groups is 1. The average Bonchev–Trinajstić information content (AvgIpc) is 1.26. The molecule has 9 N–H and O–H groups in total. The summed E-state index contributed by atoms with van der Waals surface area (Å²) in [5.41, 5.74) is 0. The summed E-state index contributed by atoms with van der Waals surface area (Å²) in [7, 11) is 0. The molecule has 2 rings (SSSR count). The molecule has 2 aliphatic rings. The van der Waals surface area contributed by atoms with Crippen LogP contribution in [-0.4, -0.2) is 140 Å². The summed E-state index contributed by atoms with van der Waals surface area (Å²) < 4.78 is 22.9. The number of hydrogen-bond donors (Lipinski definition) is 9. The van der Waals surface area contributed by atoms with Crippen molar-refractivity contribution in [1.29, 1.82) is 0 Å².